The highest BCUT2D eigenvalue weighted by Gasteiger charge is 2.18. The summed E-state index contributed by atoms with van der Waals surface area (Å²) in [5.41, 5.74) is 0.663. The van der Waals surface area contributed by atoms with Gasteiger partial charge >= 0.3 is 0 Å². The molecule has 3 rings (SSSR count). The molecule has 146 valence electrons. The van der Waals surface area contributed by atoms with E-state index in [1.165, 1.54) is 11.8 Å². The number of aromatic nitrogens is 3. The molecule has 1 saturated heterocycles. The molecule has 0 radical (unpaired) electrons. The number of hydrogen-bond acceptors (Lipinski definition) is 7. The lowest BCUT2D eigenvalue weighted by atomic mass is 10.3. The normalized spacial score (nSPS) is 14.9. The summed E-state index contributed by atoms with van der Waals surface area (Å²) in [5, 5.41) is 12.2. The maximum absolute atomic E-state index is 12.3. The lowest BCUT2D eigenvalue weighted by Gasteiger charge is -2.26. The Morgan fingerprint density at radius 2 is 2.07 bits per heavy atom. The Bertz CT molecular complexity index is 761. The average molecular weight is 391 g/mol. The van der Waals surface area contributed by atoms with Gasteiger partial charge in [-0.15, -0.1) is 10.2 Å². The van der Waals surface area contributed by atoms with E-state index in [2.05, 4.69) is 31.9 Å². The third kappa shape index (κ3) is 5.21. The van der Waals surface area contributed by atoms with Gasteiger partial charge < -0.3 is 19.4 Å². The zero-order valence-corrected chi connectivity index (χ0v) is 16.5. The second-order valence-electron chi connectivity index (χ2n) is 6.07. The molecule has 27 heavy (non-hydrogen) atoms. The Labute approximate surface area is 163 Å². The van der Waals surface area contributed by atoms with Crippen molar-refractivity contribution in [1.29, 1.82) is 0 Å². The number of nitrogens with one attached hydrogen (secondary N) is 1. The molecule has 1 aromatic heterocycles. The lowest BCUT2D eigenvalue weighted by Crippen LogP contribution is -2.36. The van der Waals surface area contributed by atoms with Crippen LogP contribution in [0.15, 0.2) is 29.4 Å². The van der Waals surface area contributed by atoms with Gasteiger partial charge in [-0.3, -0.25) is 9.69 Å². The van der Waals surface area contributed by atoms with Gasteiger partial charge in [-0.1, -0.05) is 23.9 Å². The average Bonchev–Trinajstić information content (AvgIpc) is 3.09. The van der Waals surface area contributed by atoms with Crippen LogP contribution in [-0.2, 0) is 22.6 Å². The number of hydrogen-bond donors (Lipinski definition) is 1. The van der Waals surface area contributed by atoms with Crippen molar-refractivity contribution in [3.8, 4) is 5.75 Å². The Hall–Kier alpha value is -2.10. The van der Waals surface area contributed by atoms with E-state index in [0.29, 0.717) is 11.4 Å². The van der Waals surface area contributed by atoms with E-state index in [9.17, 15) is 4.79 Å². The Morgan fingerprint density at radius 3 is 2.81 bits per heavy atom. The van der Waals surface area contributed by atoms with E-state index >= 15 is 0 Å². The van der Waals surface area contributed by atoms with Gasteiger partial charge in [0.25, 0.3) is 0 Å². The minimum Gasteiger partial charge on any atom is -0.495 e. The van der Waals surface area contributed by atoms with Crippen LogP contribution in [0.5, 0.6) is 5.75 Å². The van der Waals surface area contributed by atoms with Crippen LogP contribution in [0.25, 0.3) is 0 Å². The fourth-order valence-corrected chi connectivity index (χ4v) is 3.71. The molecule has 2 aromatic rings. The van der Waals surface area contributed by atoms with Gasteiger partial charge in [-0.25, -0.2) is 0 Å². The zero-order chi connectivity index (χ0) is 19.1. The van der Waals surface area contributed by atoms with Gasteiger partial charge in [0.15, 0.2) is 5.16 Å². The highest BCUT2D eigenvalue weighted by atomic mass is 32.2. The van der Waals surface area contributed by atoms with Crippen molar-refractivity contribution < 1.29 is 14.3 Å². The molecule has 0 unspecified atom stereocenters. The van der Waals surface area contributed by atoms with Gasteiger partial charge in [-0.05, 0) is 19.1 Å². The molecule has 0 saturated carbocycles. The second kappa shape index (κ2) is 9.72. The topological polar surface area (TPSA) is 81.5 Å². The number of carbonyl (C=O) groups is 1. The molecule has 1 fully saturated rings. The van der Waals surface area contributed by atoms with Crippen LogP contribution in [0.4, 0.5) is 5.69 Å². The Kier molecular flexibility index (Phi) is 7.08. The fourth-order valence-electron chi connectivity index (χ4n) is 2.88. The first kappa shape index (κ1) is 19.7. The number of methoxy groups -OCH3 is 1. The molecule has 0 aliphatic carbocycles. The molecule has 1 aliphatic rings. The molecule has 1 amide bonds. The number of rotatable bonds is 8. The molecule has 1 aromatic carbocycles. The first-order valence-corrected chi connectivity index (χ1v) is 9.97. The van der Waals surface area contributed by atoms with Crippen LogP contribution in [0, 0.1) is 0 Å². The van der Waals surface area contributed by atoms with Crippen molar-refractivity contribution in [2.24, 2.45) is 0 Å². The minimum atomic E-state index is -0.107. The molecule has 0 spiro atoms. The van der Waals surface area contributed by atoms with Crippen LogP contribution in [0.1, 0.15) is 12.7 Å². The predicted octanol–water partition coefficient (Wildman–Crippen LogP) is 1.87. The quantitative estimate of drug-likeness (QED) is 0.688. The smallest absolute Gasteiger partial charge is 0.234 e. The fraction of sp³-hybridized carbons (Fsp3) is 0.500. The van der Waals surface area contributed by atoms with Gasteiger partial charge in [0, 0.05) is 19.6 Å². The molecule has 0 bridgehead atoms. The van der Waals surface area contributed by atoms with E-state index in [1.54, 1.807) is 7.11 Å². The summed E-state index contributed by atoms with van der Waals surface area (Å²) in [6.45, 7) is 6.89. The van der Waals surface area contributed by atoms with Gasteiger partial charge in [0.2, 0.25) is 5.91 Å². The van der Waals surface area contributed by atoms with Crippen molar-refractivity contribution in [1.82, 2.24) is 19.7 Å². The summed E-state index contributed by atoms with van der Waals surface area (Å²) in [6, 6.07) is 7.35. The van der Waals surface area contributed by atoms with Crippen molar-refractivity contribution in [3.63, 3.8) is 0 Å². The van der Waals surface area contributed by atoms with Crippen molar-refractivity contribution in [2.75, 3.05) is 44.5 Å². The Morgan fingerprint density at radius 1 is 1.30 bits per heavy atom. The van der Waals surface area contributed by atoms with Crippen LogP contribution in [-0.4, -0.2) is 64.7 Å². The van der Waals surface area contributed by atoms with E-state index in [0.717, 1.165) is 50.4 Å². The molecule has 8 nitrogen and oxygen atoms in total. The number of benzene rings is 1. The van der Waals surface area contributed by atoms with Crippen LogP contribution >= 0.6 is 11.8 Å². The minimum absolute atomic E-state index is 0.107. The number of ether oxygens (including phenoxy) is 2. The van der Waals surface area contributed by atoms with Crippen molar-refractivity contribution >= 4 is 23.4 Å². The summed E-state index contributed by atoms with van der Waals surface area (Å²) in [5.74, 6) is 1.71. The highest BCUT2D eigenvalue weighted by molar-refractivity contribution is 7.99. The number of amides is 1. The van der Waals surface area contributed by atoms with Gasteiger partial charge in [-0.2, -0.15) is 0 Å². The summed E-state index contributed by atoms with van der Waals surface area (Å²) in [4.78, 5) is 14.6. The van der Waals surface area contributed by atoms with Gasteiger partial charge in [0.05, 0.1) is 38.3 Å². The maximum Gasteiger partial charge on any atom is 0.234 e. The number of nitrogens with zero attached hydrogens (tertiary/aromatic N) is 4. The molecular weight excluding hydrogens is 366 g/mol. The molecule has 2 heterocycles. The molecule has 1 aliphatic heterocycles. The number of carbonyl (C=O) groups excluding carboxylic acids is 1. The summed E-state index contributed by atoms with van der Waals surface area (Å²) >= 11 is 1.39. The Balaban J connectivity index is 1.58. The largest absolute Gasteiger partial charge is 0.495 e. The van der Waals surface area contributed by atoms with E-state index in [1.807, 2.05) is 24.3 Å². The van der Waals surface area contributed by atoms with Gasteiger partial charge in [0.1, 0.15) is 11.6 Å². The van der Waals surface area contributed by atoms with Crippen LogP contribution in [0.2, 0.25) is 0 Å². The van der Waals surface area contributed by atoms with Crippen LogP contribution < -0.4 is 10.1 Å². The number of anilines is 1. The van der Waals surface area contributed by atoms with E-state index < -0.39 is 0 Å². The third-order valence-electron chi connectivity index (χ3n) is 4.29. The first-order chi connectivity index (χ1) is 13.2. The number of para-hydroxylation sites is 2. The molecule has 9 heteroatoms. The predicted molar refractivity (Wildman–Crippen MR) is 104 cm³/mol. The lowest BCUT2D eigenvalue weighted by molar-refractivity contribution is -0.113. The summed E-state index contributed by atoms with van der Waals surface area (Å²) < 4.78 is 12.7. The molecular formula is C18H25N5O3S. The van der Waals surface area contributed by atoms with Crippen LogP contribution in [0.3, 0.4) is 0 Å². The van der Waals surface area contributed by atoms with E-state index in [4.69, 9.17) is 9.47 Å². The second-order valence-corrected chi connectivity index (χ2v) is 7.01. The third-order valence-corrected chi connectivity index (χ3v) is 5.26. The summed E-state index contributed by atoms with van der Waals surface area (Å²) in [7, 11) is 1.58. The molecule has 1 N–H and O–H groups in total. The van der Waals surface area contributed by atoms with E-state index in [-0.39, 0.29) is 11.7 Å². The summed E-state index contributed by atoms with van der Waals surface area (Å²) in [6.07, 6.45) is 0. The monoisotopic (exact) mass is 391 g/mol. The molecule has 0 atom stereocenters. The number of thioether (sulfide) groups is 1. The maximum atomic E-state index is 12.3. The first-order valence-electron chi connectivity index (χ1n) is 8.99. The highest BCUT2D eigenvalue weighted by Crippen LogP contribution is 2.24. The van der Waals surface area contributed by atoms with Crippen molar-refractivity contribution in [3.05, 3.63) is 30.1 Å². The number of morpholine rings is 1. The zero-order valence-electron chi connectivity index (χ0n) is 15.7. The SMILES string of the molecule is CCn1c(CN2CCOCC2)nnc1SCC(=O)Nc1ccccc1OC. The standard InChI is InChI=1S/C18H25N5O3S/c1-3-23-16(12-22-8-10-26-11-9-22)20-21-18(23)27-13-17(24)19-14-6-4-5-7-15(14)25-2/h4-7H,3,8-13H2,1-2H3,(H,19,24). The van der Waals surface area contributed by atoms with Crippen molar-refractivity contribution in [2.45, 2.75) is 25.2 Å².